The standard InChI is InChI=1S/C36H20N2O3/c39-36-25-9-2-4-11-31(25)41-33-19-22(12-13-26(33)36)21-6-5-7-23(18-21)38-28-16-17-37-20-27(28)34-29(38)14-15-32-35(34)24-8-1-3-10-30(24)40-32/h1-20H. The van der Waals surface area contributed by atoms with Crippen molar-refractivity contribution in [3.8, 4) is 16.8 Å². The van der Waals surface area contributed by atoms with Crippen molar-refractivity contribution < 1.29 is 8.83 Å². The van der Waals surface area contributed by atoms with Crippen LogP contribution in [-0.4, -0.2) is 9.55 Å². The SMILES string of the molecule is O=c1c2ccccc2oc2cc(-c3cccc(-n4c5ccncc5c5c6c(ccc54)oc4ccccc46)c3)ccc12. The molecule has 5 heteroatoms. The Morgan fingerprint density at radius 2 is 1.29 bits per heavy atom. The summed E-state index contributed by atoms with van der Waals surface area (Å²) in [5.74, 6) is 0. The minimum absolute atomic E-state index is 0.0147. The van der Waals surface area contributed by atoms with Crippen LogP contribution in [0.5, 0.6) is 0 Å². The summed E-state index contributed by atoms with van der Waals surface area (Å²) in [6.07, 6.45) is 3.77. The Hall–Kier alpha value is -5.68. The average molecular weight is 529 g/mol. The van der Waals surface area contributed by atoms with Gasteiger partial charge in [0, 0.05) is 39.6 Å². The predicted octanol–water partition coefficient (Wildman–Crippen LogP) is 9.00. The van der Waals surface area contributed by atoms with Gasteiger partial charge in [-0.05, 0) is 71.8 Å². The molecule has 41 heavy (non-hydrogen) atoms. The number of fused-ring (bicyclic) bond motifs is 9. The van der Waals surface area contributed by atoms with Gasteiger partial charge in [0.25, 0.3) is 0 Å². The third-order valence-electron chi connectivity index (χ3n) is 8.09. The highest BCUT2D eigenvalue weighted by atomic mass is 16.3. The van der Waals surface area contributed by atoms with Gasteiger partial charge in [0.15, 0.2) is 0 Å². The number of hydrogen-bond donors (Lipinski definition) is 0. The van der Waals surface area contributed by atoms with Gasteiger partial charge in [0.2, 0.25) is 5.43 Å². The van der Waals surface area contributed by atoms with Crippen molar-refractivity contribution >= 4 is 65.7 Å². The average Bonchev–Trinajstić information content (AvgIpc) is 3.56. The zero-order valence-corrected chi connectivity index (χ0v) is 21.7. The molecule has 0 amide bonds. The number of furan rings is 1. The van der Waals surface area contributed by atoms with E-state index in [1.165, 1.54) is 0 Å². The van der Waals surface area contributed by atoms with Crippen LogP contribution in [0.15, 0.2) is 135 Å². The number of aromatic nitrogens is 2. The molecular weight excluding hydrogens is 508 g/mol. The van der Waals surface area contributed by atoms with E-state index < -0.39 is 0 Å². The molecule has 4 aromatic heterocycles. The maximum Gasteiger partial charge on any atom is 0.200 e. The number of para-hydroxylation sites is 2. The largest absolute Gasteiger partial charge is 0.456 e. The first-order chi connectivity index (χ1) is 20.2. The molecule has 0 aliphatic rings. The molecule has 0 spiro atoms. The van der Waals surface area contributed by atoms with Crippen LogP contribution in [0.3, 0.4) is 0 Å². The summed E-state index contributed by atoms with van der Waals surface area (Å²) < 4.78 is 14.6. The van der Waals surface area contributed by atoms with Crippen LogP contribution >= 0.6 is 0 Å². The topological polar surface area (TPSA) is 61.2 Å². The molecule has 0 saturated carbocycles. The summed E-state index contributed by atoms with van der Waals surface area (Å²) >= 11 is 0. The zero-order chi connectivity index (χ0) is 27.1. The molecule has 0 unspecified atom stereocenters. The molecule has 0 fully saturated rings. The minimum Gasteiger partial charge on any atom is -0.456 e. The normalized spacial score (nSPS) is 12.0. The van der Waals surface area contributed by atoms with Gasteiger partial charge in [0.05, 0.1) is 21.8 Å². The maximum absolute atomic E-state index is 13.1. The van der Waals surface area contributed by atoms with Crippen LogP contribution in [0.25, 0.3) is 82.5 Å². The van der Waals surface area contributed by atoms with E-state index in [2.05, 4.69) is 58.1 Å². The smallest absolute Gasteiger partial charge is 0.200 e. The molecular formula is C36H20N2O3. The molecule has 9 rings (SSSR count). The Morgan fingerprint density at radius 1 is 0.537 bits per heavy atom. The fourth-order valence-corrected chi connectivity index (χ4v) is 6.25. The van der Waals surface area contributed by atoms with Crippen molar-refractivity contribution in [1.82, 2.24) is 9.55 Å². The maximum atomic E-state index is 13.1. The Balaban J connectivity index is 1.29. The second-order valence-corrected chi connectivity index (χ2v) is 10.3. The predicted molar refractivity (Wildman–Crippen MR) is 165 cm³/mol. The monoisotopic (exact) mass is 528 g/mol. The molecule has 0 aliphatic heterocycles. The number of hydrogen-bond acceptors (Lipinski definition) is 4. The fourth-order valence-electron chi connectivity index (χ4n) is 6.25. The third-order valence-corrected chi connectivity index (χ3v) is 8.09. The second kappa shape index (κ2) is 8.16. The van der Waals surface area contributed by atoms with Crippen molar-refractivity contribution in [2.24, 2.45) is 0 Å². The molecule has 192 valence electrons. The molecule has 0 radical (unpaired) electrons. The van der Waals surface area contributed by atoms with E-state index in [0.29, 0.717) is 21.9 Å². The van der Waals surface area contributed by atoms with Crippen molar-refractivity contribution in [1.29, 1.82) is 0 Å². The Labute approximate surface area is 232 Å². The lowest BCUT2D eigenvalue weighted by Gasteiger charge is -2.11. The lowest BCUT2D eigenvalue weighted by molar-refractivity contribution is 0.660. The Bertz CT molecular complexity index is 2570. The van der Waals surface area contributed by atoms with Gasteiger partial charge in [-0.25, -0.2) is 0 Å². The molecule has 0 saturated heterocycles. The Morgan fingerprint density at radius 3 is 2.20 bits per heavy atom. The fraction of sp³-hybridized carbons (Fsp3) is 0. The van der Waals surface area contributed by atoms with E-state index in [9.17, 15) is 4.79 Å². The molecule has 0 atom stereocenters. The summed E-state index contributed by atoms with van der Waals surface area (Å²) in [4.78, 5) is 17.6. The van der Waals surface area contributed by atoms with Crippen molar-refractivity contribution in [3.63, 3.8) is 0 Å². The van der Waals surface area contributed by atoms with Gasteiger partial charge in [0.1, 0.15) is 22.3 Å². The molecule has 0 aliphatic carbocycles. The minimum atomic E-state index is -0.0147. The number of pyridine rings is 1. The van der Waals surface area contributed by atoms with Gasteiger partial charge < -0.3 is 13.4 Å². The van der Waals surface area contributed by atoms with E-state index in [0.717, 1.165) is 60.6 Å². The van der Waals surface area contributed by atoms with Crippen LogP contribution in [0.1, 0.15) is 0 Å². The summed E-state index contributed by atoms with van der Waals surface area (Å²) in [5.41, 5.74) is 8.07. The number of rotatable bonds is 2. The number of benzene rings is 5. The highest BCUT2D eigenvalue weighted by Gasteiger charge is 2.19. The molecule has 5 nitrogen and oxygen atoms in total. The Kier molecular flexibility index (Phi) is 4.41. The van der Waals surface area contributed by atoms with E-state index >= 15 is 0 Å². The highest BCUT2D eigenvalue weighted by molar-refractivity contribution is 6.27. The third kappa shape index (κ3) is 3.11. The molecule has 0 N–H and O–H groups in total. The zero-order valence-electron chi connectivity index (χ0n) is 21.7. The van der Waals surface area contributed by atoms with E-state index in [1.54, 1.807) is 6.07 Å². The molecule has 4 heterocycles. The number of nitrogens with zero attached hydrogens (tertiary/aromatic N) is 2. The molecule has 0 bridgehead atoms. The first-order valence-corrected chi connectivity index (χ1v) is 13.5. The van der Waals surface area contributed by atoms with Crippen LogP contribution in [-0.2, 0) is 0 Å². The summed E-state index contributed by atoms with van der Waals surface area (Å²) in [5, 5.41) is 5.56. The van der Waals surface area contributed by atoms with E-state index in [4.69, 9.17) is 8.83 Å². The molecule has 9 aromatic rings. The van der Waals surface area contributed by atoms with Gasteiger partial charge in [-0.1, -0.05) is 48.5 Å². The van der Waals surface area contributed by atoms with Gasteiger partial charge >= 0.3 is 0 Å². The van der Waals surface area contributed by atoms with Crippen molar-refractivity contribution in [3.05, 3.63) is 132 Å². The summed E-state index contributed by atoms with van der Waals surface area (Å²) in [7, 11) is 0. The molecule has 5 aromatic carbocycles. The van der Waals surface area contributed by atoms with Crippen LogP contribution in [0, 0.1) is 0 Å². The first kappa shape index (κ1) is 22.2. The van der Waals surface area contributed by atoms with Crippen molar-refractivity contribution in [2.45, 2.75) is 0 Å². The van der Waals surface area contributed by atoms with E-state index in [1.807, 2.05) is 67.0 Å². The summed E-state index contributed by atoms with van der Waals surface area (Å²) in [6.45, 7) is 0. The van der Waals surface area contributed by atoms with Gasteiger partial charge in [-0.15, -0.1) is 0 Å². The first-order valence-electron chi connectivity index (χ1n) is 13.5. The van der Waals surface area contributed by atoms with Gasteiger partial charge in [-0.2, -0.15) is 0 Å². The lowest BCUT2D eigenvalue weighted by Crippen LogP contribution is -2.01. The van der Waals surface area contributed by atoms with Crippen molar-refractivity contribution in [2.75, 3.05) is 0 Å². The van der Waals surface area contributed by atoms with E-state index in [-0.39, 0.29) is 5.43 Å². The lowest BCUT2D eigenvalue weighted by atomic mass is 10.0. The highest BCUT2D eigenvalue weighted by Crippen LogP contribution is 2.41. The quantitative estimate of drug-likeness (QED) is 0.210. The summed E-state index contributed by atoms with van der Waals surface area (Å²) in [6, 6.07) is 36.0. The second-order valence-electron chi connectivity index (χ2n) is 10.3. The van der Waals surface area contributed by atoms with Gasteiger partial charge in [-0.3, -0.25) is 9.78 Å². The van der Waals surface area contributed by atoms with Crippen LogP contribution in [0.2, 0.25) is 0 Å². The van der Waals surface area contributed by atoms with Crippen LogP contribution < -0.4 is 5.43 Å². The van der Waals surface area contributed by atoms with Crippen LogP contribution in [0.4, 0.5) is 0 Å².